The van der Waals surface area contributed by atoms with Crippen LogP contribution in [0.2, 0.25) is 0 Å². The highest BCUT2D eigenvalue weighted by Crippen LogP contribution is 2.13. The topological polar surface area (TPSA) is 78.9 Å². The summed E-state index contributed by atoms with van der Waals surface area (Å²) in [6.45, 7) is 6.40. The minimum absolute atomic E-state index is 0.115. The minimum atomic E-state index is -0.821. The van der Waals surface area contributed by atoms with E-state index in [4.69, 9.17) is 14.2 Å². The summed E-state index contributed by atoms with van der Waals surface area (Å²) in [5.41, 5.74) is 0. The zero-order chi connectivity index (χ0) is 52.9. The van der Waals surface area contributed by atoms with Gasteiger partial charge in [-0.3, -0.25) is 14.4 Å². The molecule has 410 valence electrons. The molecule has 0 aromatic rings. The fourth-order valence-corrected chi connectivity index (χ4v) is 7.54. The summed E-state index contributed by atoms with van der Waals surface area (Å²) in [4.78, 5) is 38.2. The summed E-state index contributed by atoms with van der Waals surface area (Å²) < 4.78 is 16.8. The van der Waals surface area contributed by atoms with Crippen LogP contribution >= 0.6 is 0 Å². The van der Waals surface area contributed by atoms with E-state index in [1.807, 2.05) is 0 Å². The van der Waals surface area contributed by atoms with E-state index in [0.29, 0.717) is 12.8 Å². The second-order valence-electron chi connectivity index (χ2n) is 19.0. The number of ether oxygens (including phenoxy) is 3. The Morgan fingerprint density at radius 1 is 0.301 bits per heavy atom. The standard InChI is InChI=1S/C67H106O6/c1-4-7-10-13-16-19-22-25-28-31-34-37-39-42-45-48-51-54-57-60-66(69)72-63-64(73-67(70)61-58-55-52-49-46-43-40-36-33-30-27-24-21-18-15-12-9-6-3)62-71-65(68)59-56-53-50-47-44-41-38-35-32-29-26-23-20-17-14-11-8-5-2/h7,10,16,18-19,21,23-30,32-38,40,42,45,64H,4-6,8-9,11-15,17,20,22,31,39,41,43-44,46-63H2,1-3H3/b10-7-,19-16-,21-18-,26-23-,27-24-,28-25-,32-29-,33-30-,37-34-,38-35-,40-36-,45-42-. The van der Waals surface area contributed by atoms with Crippen molar-refractivity contribution < 1.29 is 28.6 Å². The Kier molecular flexibility index (Phi) is 56.0. The molecule has 0 rings (SSSR count). The Bertz CT molecular complexity index is 1630. The van der Waals surface area contributed by atoms with Crippen LogP contribution in [0.1, 0.15) is 239 Å². The summed E-state index contributed by atoms with van der Waals surface area (Å²) in [5.74, 6) is -0.994. The van der Waals surface area contributed by atoms with E-state index in [-0.39, 0.29) is 37.5 Å². The first-order valence-corrected chi connectivity index (χ1v) is 29.4. The number of esters is 3. The third-order valence-electron chi connectivity index (χ3n) is 12.0. The highest BCUT2D eigenvalue weighted by molar-refractivity contribution is 5.71. The molecule has 0 aliphatic carbocycles. The lowest BCUT2D eigenvalue weighted by Crippen LogP contribution is -2.30. The third-order valence-corrected chi connectivity index (χ3v) is 12.0. The number of unbranched alkanes of at least 4 members (excludes halogenated alkanes) is 21. The fourth-order valence-electron chi connectivity index (χ4n) is 7.54. The van der Waals surface area contributed by atoms with E-state index >= 15 is 0 Å². The molecule has 0 N–H and O–H groups in total. The van der Waals surface area contributed by atoms with Gasteiger partial charge in [0, 0.05) is 19.3 Å². The predicted octanol–water partition coefficient (Wildman–Crippen LogP) is 20.0. The van der Waals surface area contributed by atoms with Gasteiger partial charge in [0.1, 0.15) is 13.2 Å². The molecule has 0 spiro atoms. The largest absolute Gasteiger partial charge is 0.462 e. The summed E-state index contributed by atoms with van der Waals surface area (Å²) in [6, 6.07) is 0. The Hall–Kier alpha value is -4.71. The van der Waals surface area contributed by atoms with Gasteiger partial charge in [-0.15, -0.1) is 0 Å². The third kappa shape index (κ3) is 58.1. The van der Waals surface area contributed by atoms with Crippen molar-refractivity contribution >= 4 is 17.9 Å². The zero-order valence-electron chi connectivity index (χ0n) is 46.8. The van der Waals surface area contributed by atoms with Crippen LogP contribution in [0.25, 0.3) is 0 Å². The molecular formula is C67H106O6. The highest BCUT2D eigenvalue weighted by Gasteiger charge is 2.19. The molecule has 73 heavy (non-hydrogen) atoms. The normalized spacial score (nSPS) is 13.2. The van der Waals surface area contributed by atoms with Crippen molar-refractivity contribution in [2.45, 2.75) is 245 Å². The molecule has 0 heterocycles. The summed E-state index contributed by atoms with van der Waals surface area (Å²) in [6.07, 6.45) is 85.4. The number of allylic oxidation sites excluding steroid dienone is 24. The average molecular weight is 1010 g/mol. The van der Waals surface area contributed by atoms with Crippen LogP contribution in [0.15, 0.2) is 146 Å². The van der Waals surface area contributed by atoms with Crippen LogP contribution in [0.5, 0.6) is 0 Å². The van der Waals surface area contributed by atoms with Crippen molar-refractivity contribution in [2.24, 2.45) is 0 Å². The van der Waals surface area contributed by atoms with E-state index in [0.717, 1.165) is 148 Å². The van der Waals surface area contributed by atoms with Crippen molar-refractivity contribution in [3.05, 3.63) is 146 Å². The van der Waals surface area contributed by atoms with Crippen LogP contribution in [-0.4, -0.2) is 37.2 Å². The molecule has 6 heteroatoms. The van der Waals surface area contributed by atoms with E-state index < -0.39 is 6.10 Å². The van der Waals surface area contributed by atoms with E-state index in [1.165, 1.54) is 51.4 Å². The second kappa shape index (κ2) is 59.8. The highest BCUT2D eigenvalue weighted by atomic mass is 16.6. The van der Waals surface area contributed by atoms with Crippen molar-refractivity contribution in [1.82, 2.24) is 0 Å². The van der Waals surface area contributed by atoms with Crippen LogP contribution in [0.3, 0.4) is 0 Å². The van der Waals surface area contributed by atoms with Gasteiger partial charge in [-0.1, -0.05) is 250 Å². The molecule has 0 aliphatic heterocycles. The molecule has 0 aliphatic rings. The lowest BCUT2D eigenvalue weighted by molar-refractivity contribution is -0.167. The molecule has 0 saturated carbocycles. The van der Waals surface area contributed by atoms with Crippen LogP contribution < -0.4 is 0 Å². The van der Waals surface area contributed by atoms with Gasteiger partial charge in [-0.25, -0.2) is 0 Å². The van der Waals surface area contributed by atoms with Gasteiger partial charge in [0.25, 0.3) is 0 Å². The summed E-state index contributed by atoms with van der Waals surface area (Å²) in [5, 5.41) is 0. The number of carbonyl (C=O) groups excluding carboxylic acids is 3. The van der Waals surface area contributed by atoms with Crippen molar-refractivity contribution in [3.8, 4) is 0 Å². The number of rotatable bonds is 51. The maximum absolute atomic E-state index is 12.9. The molecule has 0 fully saturated rings. The van der Waals surface area contributed by atoms with Gasteiger partial charge < -0.3 is 14.2 Å². The first-order valence-electron chi connectivity index (χ1n) is 29.4. The molecule has 6 nitrogen and oxygen atoms in total. The van der Waals surface area contributed by atoms with E-state index in [2.05, 4.69) is 167 Å². The van der Waals surface area contributed by atoms with Crippen molar-refractivity contribution in [2.75, 3.05) is 13.2 Å². The molecule has 0 saturated heterocycles. The van der Waals surface area contributed by atoms with Gasteiger partial charge in [0.05, 0.1) is 0 Å². The van der Waals surface area contributed by atoms with Crippen LogP contribution in [0, 0.1) is 0 Å². The molecule has 1 unspecified atom stereocenters. The Morgan fingerprint density at radius 3 is 1.00 bits per heavy atom. The van der Waals surface area contributed by atoms with Gasteiger partial charge in [-0.05, 0) is 116 Å². The van der Waals surface area contributed by atoms with Gasteiger partial charge in [0.15, 0.2) is 6.10 Å². The maximum Gasteiger partial charge on any atom is 0.306 e. The molecule has 0 aromatic carbocycles. The molecule has 0 amide bonds. The second-order valence-corrected chi connectivity index (χ2v) is 19.0. The number of carbonyl (C=O) groups is 3. The average Bonchev–Trinajstić information content (AvgIpc) is 3.39. The molecule has 1 atom stereocenters. The quantitative estimate of drug-likeness (QED) is 0.0199. The molecular weight excluding hydrogens is 901 g/mol. The van der Waals surface area contributed by atoms with Gasteiger partial charge in [0.2, 0.25) is 0 Å². The number of hydrogen-bond acceptors (Lipinski definition) is 6. The Labute approximate surface area is 448 Å². The van der Waals surface area contributed by atoms with Crippen molar-refractivity contribution in [3.63, 3.8) is 0 Å². The van der Waals surface area contributed by atoms with Crippen LogP contribution in [-0.2, 0) is 28.6 Å². The summed E-state index contributed by atoms with van der Waals surface area (Å²) in [7, 11) is 0. The zero-order valence-corrected chi connectivity index (χ0v) is 46.8. The first-order chi connectivity index (χ1) is 36.0. The Balaban J connectivity index is 4.58. The molecule has 0 bridgehead atoms. The summed E-state index contributed by atoms with van der Waals surface area (Å²) >= 11 is 0. The maximum atomic E-state index is 12.9. The lowest BCUT2D eigenvalue weighted by Gasteiger charge is -2.18. The molecule has 0 aromatic heterocycles. The van der Waals surface area contributed by atoms with E-state index in [1.54, 1.807) is 0 Å². The fraction of sp³-hybridized carbons (Fsp3) is 0.597. The SMILES string of the molecule is CC/C=C\C/C=C\C/C=C\C/C=C\C/C=C\CCCCCC(=O)OCC(COC(=O)CCCCCCC\C=C/C=C\C=C/CCCCCCC)OC(=O)CCCCCCC\C=C/C=C\C=C/C=C\CCCCC. The monoisotopic (exact) mass is 1010 g/mol. The van der Waals surface area contributed by atoms with Gasteiger partial charge >= 0.3 is 17.9 Å². The van der Waals surface area contributed by atoms with Crippen molar-refractivity contribution in [1.29, 1.82) is 0 Å². The first kappa shape index (κ1) is 68.3. The smallest absolute Gasteiger partial charge is 0.306 e. The minimum Gasteiger partial charge on any atom is -0.462 e. The lowest BCUT2D eigenvalue weighted by atomic mass is 10.1. The van der Waals surface area contributed by atoms with Gasteiger partial charge in [-0.2, -0.15) is 0 Å². The number of hydrogen-bond donors (Lipinski definition) is 0. The molecule has 0 radical (unpaired) electrons. The Morgan fingerprint density at radius 2 is 0.589 bits per heavy atom. The predicted molar refractivity (Wildman–Crippen MR) is 315 cm³/mol. The van der Waals surface area contributed by atoms with Crippen LogP contribution in [0.4, 0.5) is 0 Å². The van der Waals surface area contributed by atoms with E-state index in [9.17, 15) is 14.4 Å².